The third kappa shape index (κ3) is 2.33. The van der Waals surface area contributed by atoms with Gasteiger partial charge in [0, 0.05) is 23.7 Å². The maximum absolute atomic E-state index is 12.5. The van der Waals surface area contributed by atoms with Gasteiger partial charge in [0.25, 0.3) is 5.91 Å². The van der Waals surface area contributed by atoms with E-state index in [0.717, 1.165) is 20.9 Å². The molecule has 0 aliphatic rings. The fourth-order valence-electron chi connectivity index (χ4n) is 2.42. The summed E-state index contributed by atoms with van der Waals surface area (Å²) in [4.78, 5) is 14.7. The molecule has 0 unspecified atom stereocenters. The van der Waals surface area contributed by atoms with E-state index in [1.165, 1.54) is 11.3 Å². The van der Waals surface area contributed by atoms with Gasteiger partial charge in [-0.05, 0) is 16.8 Å². The standard InChI is InChI=1S/C17H14ClNOS/c1-3-10-19(2)17(20)16-15(18)14-12-7-5-4-6-11(12)8-9-13(14)21-16/h3-9H,1,10H2,2H3. The van der Waals surface area contributed by atoms with Gasteiger partial charge in [0.05, 0.1) is 5.02 Å². The van der Waals surface area contributed by atoms with Crippen LogP contribution in [0, 0.1) is 0 Å². The van der Waals surface area contributed by atoms with E-state index < -0.39 is 0 Å². The molecular formula is C17H14ClNOS. The van der Waals surface area contributed by atoms with Crippen LogP contribution >= 0.6 is 22.9 Å². The van der Waals surface area contributed by atoms with Crippen molar-refractivity contribution in [1.29, 1.82) is 0 Å². The normalized spacial score (nSPS) is 11.0. The molecule has 0 spiro atoms. The maximum Gasteiger partial charge on any atom is 0.265 e. The number of carbonyl (C=O) groups is 1. The van der Waals surface area contributed by atoms with E-state index in [-0.39, 0.29) is 5.91 Å². The van der Waals surface area contributed by atoms with Crippen molar-refractivity contribution in [3.63, 3.8) is 0 Å². The molecule has 1 heterocycles. The van der Waals surface area contributed by atoms with Gasteiger partial charge in [-0.1, -0.05) is 48.0 Å². The third-order valence-electron chi connectivity index (χ3n) is 3.47. The molecule has 1 amide bonds. The first-order valence-corrected chi connectivity index (χ1v) is 7.79. The Labute approximate surface area is 132 Å². The van der Waals surface area contributed by atoms with E-state index in [9.17, 15) is 4.79 Å². The Morgan fingerprint density at radius 1 is 1.33 bits per heavy atom. The Hall–Kier alpha value is -1.84. The Kier molecular flexibility index (Phi) is 3.70. The van der Waals surface area contributed by atoms with E-state index in [1.807, 2.05) is 30.3 Å². The minimum atomic E-state index is -0.0646. The predicted octanol–water partition coefficient (Wildman–Crippen LogP) is 4.97. The lowest BCUT2D eigenvalue weighted by Gasteiger charge is -2.13. The number of hydrogen-bond donors (Lipinski definition) is 0. The van der Waals surface area contributed by atoms with Crippen LogP contribution in [0.5, 0.6) is 0 Å². The Bertz CT molecular complexity index is 852. The first kappa shape index (κ1) is 14.1. The number of likely N-dealkylation sites (N-methyl/N-ethyl adjacent to an activating group) is 1. The van der Waals surface area contributed by atoms with Crippen LogP contribution in [0.25, 0.3) is 20.9 Å². The smallest absolute Gasteiger partial charge is 0.265 e. The summed E-state index contributed by atoms with van der Waals surface area (Å²) in [6.45, 7) is 4.16. The fraction of sp³-hybridized carbons (Fsp3) is 0.118. The summed E-state index contributed by atoms with van der Waals surface area (Å²) in [5.74, 6) is -0.0646. The van der Waals surface area contributed by atoms with Gasteiger partial charge in [0.1, 0.15) is 4.88 Å². The summed E-state index contributed by atoms with van der Waals surface area (Å²) in [5.41, 5.74) is 0. The number of fused-ring (bicyclic) bond motifs is 3. The molecule has 2 aromatic carbocycles. The third-order valence-corrected chi connectivity index (χ3v) is 5.10. The number of benzene rings is 2. The first-order chi connectivity index (χ1) is 10.1. The summed E-state index contributed by atoms with van der Waals surface area (Å²) in [6.07, 6.45) is 1.70. The summed E-state index contributed by atoms with van der Waals surface area (Å²) in [7, 11) is 1.75. The van der Waals surface area contributed by atoms with Crippen LogP contribution in [0.15, 0.2) is 49.1 Å². The minimum Gasteiger partial charge on any atom is -0.337 e. The Morgan fingerprint density at radius 2 is 2.10 bits per heavy atom. The van der Waals surface area contributed by atoms with Gasteiger partial charge in [0.2, 0.25) is 0 Å². The Balaban J connectivity index is 2.22. The van der Waals surface area contributed by atoms with Gasteiger partial charge < -0.3 is 4.90 Å². The fourth-order valence-corrected chi connectivity index (χ4v) is 3.98. The van der Waals surface area contributed by atoms with Crippen molar-refractivity contribution >= 4 is 49.7 Å². The molecule has 2 nitrogen and oxygen atoms in total. The second kappa shape index (κ2) is 5.51. The summed E-state index contributed by atoms with van der Waals surface area (Å²) >= 11 is 7.96. The van der Waals surface area contributed by atoms with Crippen molar-refractivity contribution in [3.8, 4) is 0 Å². The summed E-state index contributed by atoms with van der Waals surface area (Å²) in [6, 6.07) is 12.2. The Morgan fingerprint density at radius 3 is 2.86 bits per heavy atom. The van der Waals surface area contributed by atoms with Crippen molar-refractivity contribution in [3.05, 3.63) is 59.0 Å². The summed E-state index contributed by atoms with van der Waals surface area (Å²) < 4.78 is 1.04. The number of thiophene rings is 1. The highest BCUT2D eigenvalue weighted by atomic mass is 35.5. The van der Waals surface area contributed by atoms with Crippen LogP contribution in [-0.2, 0) is 0 Å². The number of carbonyl (C=O) groups excluding carboxylic acids is 1. The molecule has 0 aliphatic carbocycles. The van der Waals surface area contributed by atoms with Gasteiger partial charge in [-0.2, -0.15) is 0 Å². The molecular weight excluding hydrogens is 302 g/mol. The van der Waals surface area contributed by atoms with E-state index >= 15 is 0 Å². The highest BCUT2D eigenvalue weighted by molar-refractivity contribution is 7.21. The zero-order valence-corrected chi connectivity index (χ0v) is 13.2. The van der Waals surface area contributed by atoms with Crippen molar-refractivity contribution in [1.82, 2.24) is 4.90 Å². The molecule has 0 saturated carbocycles. The van der Waals surface area contributed by atoms with Crippen LogP contribution in [-0.4, -0.2) is 24.4 Å². The molecule has 21 heavy (non-hydrogen) atoms. The number of hydrogen-bond acceptors (Lipinski definition) is 2. The molecule has 3 rings (SSSR count). The van der Waals surface area contributed by atoms with Crippen LogP contribution in [0.2, 0.25) is 5.02 Å². The van der Waals surface area contributed by atoms with Gasteiger partial charge in [0.15, 0.2) is 0 Å². The second-order valence-electron chi connectivity index (χ2n) is 4.88. The summed E-state index contributed by atoms with van der Waals surface area (Å²) in [5, 5.41) is 3.73. The van der Waals surface area contributed by atoms with E-state index in [4.69, 9.17) is 11.6 Å². The molecule has 3 aromatic rings. The van der Waals surface area contributed by atoms with Crippen molar-refractivity contribution in [2.75, 3.05) is 13.6 Å². The number of halogens is 1. The van der Waals surface area contributed by atoms with Crippen molar-refractivity contribution < 1.29 is 4.79 Å². The zero-order valence-electron chi connectivity index (χ0n) is 11.6. The number of nitrogens with zero attached hydrogens (tertiary/aromatic N) is 1. The first-order valence-electron chi connectivity index (χ1n) is 6.59. The van der Waals surface area contributed by atoms with Crippen LogP contribution in [0.1, 0.15) is 9.67 Å². The van der Waals surface area contributed by atoms with E-state index in [0.29, 0.717) is 16.4 Å². The van der Waals surface area contributed by atoms with Gasteiger partial charge >= 0.3 is 0 Å². The molecule has 0 aliphatic heterocycles. The van der Waals surface area contributed by atoms with Crippen LogP contribution in [0.4, 0.5) is 0 Å². The van der Waals surface area contributed by atoms with Gasteiger partial charge in [-0.25, -0.2) is 0 Å². The second-order valence-corrected chi connectivity index (χ2v) is 6.31. The lowest BCUT2D eigenvalue weighted by Crippen LogP contribution is -2.26. The highest BCUT2D eigenvalue weighted by Crippen LogP contribution is 2.40. The predicted molar refractivity (Wildman–Crippen MR) is 91.5 cm³/mol. The average molecular weight is 316 g/mol. The SMILES string of the molecule is C=CCN(C)C(=O)c1sc2ccc3ccccc3c2c1Cl. The molecule has 4 heteroatoms. The molecule has 0 saturated heterocycles. The van der Waals surface area contributed by atoms with E-state index in [1.54, 1.807) is 18.0 Å². The van der Waals surface area contributed by atoms with Crippen LogP contribution in [0.3, 0.4) is 0 Å². The zero-order chi connectivity index (χ0) is 15.0. The topological polar surface area (TPSA) is 20.3 Å². The lowest BCUT2D eigenvalue weighted by molar-refractivity contribution is 0.0815. The van der Waals surface area contributed by atoms with Crippen LogP contribution < -0.4 is 0 Å². The molecule has 0 atom stereocenters. The van der Waals surface area contributed by atoms with Gasteiger partial charge in [-0.15, -0.1) is 17.9 Å². The van der Waals surface area contributed by atoms with Crippen molar-refractivity contribution in [2.24, 2.45) is 0 Å². The average Bonchev–Trinajstić information content (AvgIpc) is 2.84. The molecule has 0 bridgehead atoms. The number of rotatable bonds is 3. The quantitative estimate of drug-likeness (QED) is 0.625. The monoisotopic (exact) mass is 315 g/mol. The number of amides is 1. The highest BCUT2D eigenvalue weighted by Gasteiger charge is 2.20. The largest absolute Gasteiger partial charge is 0.337 e. The lowest BCUT2D eigenvalue weighted by atomic mass is 10.1. The molecule has 1 aromatic heterocycles. The maximum atomic E-state index is 12.5. The van der Waals surface area contributed by atoms with E-state index in [2.05, 4.69) is 12.6 Å². The molecule has 106 valence electrons. The molecule has 0 radical (unpaired) electrons. The van der Waals surface area contributed by atoms with Crippen molar-refractivity contribution in [2.45, 2.75) is 0 Å². The van der Waals surface area contributed by atoms with Gasteiger partial charge in [-0.3, -0.25) is 4.79 Å². The minimum absolute atomic E-state index is 0.0646. The molecule has 0 fully saturated rings. The molecule has 0 N–H and O–H groups in total.